The van der Waals surface area contributed by atoms with Crippen LogP contribution in [0.3, 0.4) is 0 Å². The van der Waals surface area contributed by atoms with E-state index in [1.54, 1.807) is 0 Å². The molecule has 1 N–H and O–H groups in total. The van der Waals surface area contributed by atoms with Gasteiger partial charge in [-0.15, -0.1) is 0 Å². The SMILES string of the molecule is COC([NH-])=O.[Mo]. The molecule has 0 radical (unpaired) electrons. The second-order valence-corrected chi connectivity index (χ2v) is 0.492. The molecule has 0 heterocycles. The Morgan fingerprint density at radius 3 is 2.00 bits per heavy atom. The Morgan fingerprint density at radius 1 is 1.83 bits per heavy atom. The fourth-order valence-corrected chi connectivity index (χ4v) is 0. The van der Waals surface area contributed by atoms with Gasteiger partial charge in [-0.3, -0.25) is 4.79 Å². The van der Waals surface area contributed by atoms with Gasteiger partial charge in [-0.1, -0.05) is 0 Å². The molecule has 0 aliphatic carbocycles. The molecule has 0 aliphatic rings. The normalized spacial score (nSPS) is 5.50. The van der Waals surface area contributed by atoms with Crippen LogP contribution in [0.2, 0.25) is 0 Å². The van der Waals surface area contributed by atoms with E-state index in [0.717, 1.165) is 7.11 Å². The van der Waals surface area contributed by atoms with Crippen LogP contribution in [0, 0.1) is 0 Å². The van der Waals surface area contributed by atoms with Crippen molar-refractivity contribution in [3.63, 3.8) is 0 Å². The predicted octanol–water partition coefficient (Wildman–Crippen LogP) is 0.802. The molecule has 0 aromatic carbocycles. The number of carbonyl (C=O) groups excluding carboxylic acids is 1. The minimum atomic E-state index is -0.995. The van der Waals surface area contributed by atoms with Crippen molar-refractivity contribution in [2.45, 2.75) is 0 Å². The first-order valence-corrected chi connectivity index (χ1v) is 1.07. The van der Waals surface area contributed by atoms with E-state index in [1.165, 1.54) is 0 Å². The molecule has 0 bridgehead atoms. The molecule has 0 unspecified atom stereocenters. The molecule has 0 atom stereocenters. The summed E-state index contributed by atoms with van der Waals surface area (Å²) in [6, 6.07) is 0. The molecule has 0 aromatic rings. The van der Waals surface area contributed by atoms with Crippen LogP contribution in [0.1, 0.15) is 0 Å². The molecule has 0 fully saturated rings. The second kappa shape index (κ2) is 4.96. The van der Waals surface area contributed by atoms with E-state index >= 15 is 0 Å². The number of ether oxygens (including phenoxy) is 1. The van der Waals surface area contributed by atoms with Crippen molar-refractivity contribution in [3.8, 4) is 0 Å². The maximum absolute atomic E-state index is 9.26. The molecule has 3 nitrogen and oxygen atoms in total. The van der Waals surface area contributed by atoms with E-state index in [0.29, 0.717) is 0 Å². The van der Waals surface area contributed by atoms with Crippen molar-refractivity contribution in [2.24, 2.45) is 0 Å². The number of hydrogen-bond donors (Lipinski definition) is 0. The molecule has 0 rings (SSSR count). The third kappa shape index (κ3) is 9.03. The van der Waals surface area contributed by atoms with Crippen molar-refractivity contribution < 1.29 is 30.6 Å². The van der Waals surface area contributed by atoms with Gasteiger partial charge in [0.2, 0.25) is 6.09 Å². The van der Waals surface area contributed by atoms with E-state index < -0.39 is 6.09 Å². The fraction of sp³-hybridized carbons (Fsp3) is 0.500. The smallest absolute Gasteiger partial charge is 0.226 e. The Balaban J connectivity index is 0. The summed E-state index contributed by atoms with van der Waals surface area (Å²) in [5, 5.41) is 0. The van der Waals surface area contributed by atoms with Crippen LogP contribution in [-0.2, 0) is 25.8 Å². The third-order valence-corrected chi connectivity index (χ3v) is 0.185. The van der Waals surface area contributed by atoms with Crippen molar-refractivity contribution in [1.82, 2.24) is 0 Å². The van der Waals surface area contributed by atoms with Crippen molar-refractivity contribution in [3.05, 3.63) is 5.73 Å². The molecule has 0 saturated carbocycles. The zero-order valence-corrected chi connectivity index (χ0v) is 5.23. The minimum absolute atomic E-state index is 0. The fourth-order valence-electron chi connectivity index (χ4n) is 0. The summed E-state index contributed by atoms with van der Waals surface area (Å²) in [7, 11) is 1.16. The van der Waals surface area contributed by atoms with Gasteiger partial charge < -0.3 is 10.5 Å². The first kappa shape index (κ1) is 9.35. The number of carbonyl (C=O) groups is 1. The maximum Gasteiger partial charge on any atom is 0.226 e. The van der Waals surface area contributed by atoms with Crippen LogP contribution in [0.5, 0.6) is 0 Å². The topological polar surface area (TPSA) is 50.1 Å². The number of nitrogens with one attached hydrogen (secondary N) is 1. The summed E-state index contributed by atoms with van der Waals surface area (Å²) < 4.78 is 3.78. The van der Waals surface area contributed by atoms with Gasteiger partial charge in [0.25, 0.3) is 0 Å². The summed E-state index contributed by atoms with van der Waals surface area (Å²) >= 11 is 0. The summed E-state index contributed by atoms with van der Waals surface area (Å²) in [6.45, 7) is 0. The Labute approximate surface area is 50.1 Å². The average molecular weight is 170 g/mol. The number of amides is 1. The van der Waals surface area contributed by atoms with Gasteiger partial charge in [0.15, 0.2) is 0 Å². The van der Waals surface area contributed by atoms with Crippen LogP contribution in [0.15, 0.2) is 0 Å². The molecule has 36 valence electrons. The standard InChI is InChI=1S/C2H5NO2.Mo/c1-5-2(3)4;/h1H3,(H2,3,4);/p-1. The Bertz CT molecular complexity index is 46.8. The summed E-state index contributed by atoms with van der Waals surface area (Å²) in [5.74, 6) is 0. The largest absolute Gasteiger partial charge is 0.632 e. The van der Waals surface area contributed by atoms with Crippen molar-refractivity contribution in [1.29, 1.82) is 0 Å². The van der Waals surface area contributed by atoms with Gasteiger partial charge >= 0.3 is 0 Å². The Morgan fingerprint density at radius 2 is 2.00 bits per heavy atom. The average Bonchev–Trinajstić information content (AvgIpc) is 1.38. The van der Waals surface area contributed by atoms with Gasteiger partial charge in [-0.05, 0) is 0 Å². The van der Waals surface area contributed by atoms with Crippen LogP contribution in [0.4, 0.5) is 4.79 Å². The maximum atomic E-state index is 9.26. The predicted molar refractivity (Wildman–Crippen MR) is 16.7 cm³/mol. The van der Waals surface area contributed by atoms with Gasteiger partial charge in [0.05, 0.1) is 7.11 Å². The van der Waals surface area contributed by atoms with Crippen LogP contribution >= 0.6 is 0 Å². The molecule has 4 heteroatoms. The number of hydrogen-bond acceptors (Lipinski definition) is 2. The van der Waals surface area contributed by atoms with Gasteiger partial charge in [0, 0.05) is 21.1 Å². The molecular formula is C2H4MoNO2-. The molecular weight excluding hydrogens is 166 g/mol. The third-order valence-electron chi connectivity index (χ3n) is 0.185. The molecule has 6 heavy (non-hydrogen) atoms. The van der Waals surface area contributed by atoms with E-state index in [2.05, 4.69) is 4.74 Å². The molecule has 0 aromatic heterocycles. The Kier molecular flexibility index (Phi) is 7.73. The first-order chi connectivity index (χ1) is 2.27. The minimum Gasteiger partial charge on any atom is -0.632 e. The van der Waals surface area contributed by atoms with E-state index in [4.69, 9.17) is 5.73 Å². The number of rotatable bonds is 0. The summed E-state index contributed by atoms with van der Waals surface area (Å²) in [6.07, 6.45) is -0.995. The molecule has 1 amide bonds. The van der Waals surface area contributed by atoms with Crippen LogP contribution in [-0.4, -0.2) is 13.2 Å². The quantitative estimate of drug-likeness (QED) is 0.505. The summed E-state index contributed by atoms with van der Waals surface area (Å²) in [4.78, 5) is 9.26. The van der Waals surface area contributed by atoms with E-state index in [9.17, 15) is 4.79 Å². The van der Waals surface area contributed by atoms with E-state index in [-0.39, 0.29) is 21.1 Å². The van der Waals surface area contributed by atoms with Gasteiger partial charge in [-0.25, -0.2) is 0 Å². The summed E-state index contributed by atoms with van der Waals surface area (Å²) in [5.41, 5.74) is 5.97. The Hall–Kier alpha value is -0.0417. The van der Waals surface area contributed by atoms with Crippen molar-refractivity contribution in [2.75, 3.05) is 7.11 Å². The van der Waals surface area contributed by atoms with Gasteiger partial charge in [-0.2, -0.15) is 0 Å². The zero-order valence-electron chi connectivity index (χ0n) is 3.22. The van der Waals surface area contributed by atoms with Crippen LogP contribution in [0.25, 0.3) is 5.73 Å². The number of methoxy groups -OCH3 is 1. The second-order valence-electron chi connectivity index (χ2n) is 0.492. The zero-order chi connectivity index (χ0) is 4.28. The monoisotopic (exact) mass is 172 g/mol. The molecule has 0 saturated heterocycles. The molecule has 0 spiro atoms. The van der Waals surface area contributed by atoms with Crippen molar-refractivity contribution >= 4 is 6.09 Å². The van der Waals surface area contributed by atoms with E-state index in [1.807, 2.05) is 0 Å². The van der Waals surface area contributed by atoms with Gasteiger partial charge in [0.1, 0.15) is 0 Å². The molecule has 0 aliphatic heterocycles. The first-order valence-electron chi connectivity index (χ1n) is 1.07. The van der Waals surface area contributed by atoms with Crippen LogP contribution < -0.4 is 0 Å².